The normalized spacial score (nSPS) is 15.1. The van der Waals surface area contributed by atoms with Crippen LogP contribution in [-0.4, -0.2) is 20.7 Å². The molecule has 0 spiro atoms. The Morgan fingerprint density at radius 1 is 1.06 bits per heavy atom. The molecule has 0 fully saturated rings. The van der Waals surface area contributed by atoms with Gasteiger partial charge >= 0.3 is 0 Å². The van der Waals surface area contributed by atoms with Crippen LogP contribution in [-0.2, 0) is 11.4 Å². The predicted molar refractivity (Wildman–Crippen MR) is 139 cm³/mol. The van der Waals surface area contributed by atoms with Gasteiger partial charge in [0, 0.05) is 23.5 Å². The second-order valence-electron chi connectivity index (χ2n) is 8.84. The van der Waals surface area contributed by atoms with E-state index in [0.29, 0.717) is 18.8 Å². The van der Waals surface area contributed by atoms with E-state index < -0.39 is 0 Å². The maximum absolute atomic E-state index is 12.9. The molecule has 2 aromatic heterocycles. The molecule has 0 saturated heterocycles. The monoisotopic (exact) mass is 480 g/mol. The van der Waals surface area contributed by atoms with Crippen molar-refractivity contribution in [3.8, 4) is 10.9 Å². The summed E-state index contributed by atoms with van der Waals surface area (Å²) in [5.41, 5.74) is 6.10. The predicted octanol–water partition coefficient (Wildman–Crippen LogP) is 6.15. The second kappa shape index (κ2) is 8.67. The summed E-state index contributed by atoms with van der Waals surface area (Å²) in [7, 11) is 0. The Labute approximate surface area is 207 Å². The fourth-order valence-corrected chi connectivity index (χ4v) is 5.69. The second-order valence-corrected chi connectivity index (χ2v) is 9.85. The number of rotatable bonds is 5. The molecule has 3 aromatic carbocycles. The van der Waals surface area contributed by atoms with E-state index in [1.165, 1.54) is 5.56 Å². The Kier molecular flexibility index (Phi) is 5.34. The molecule has 0 radical (unpaired) electrons. The summed E-state index contributed by atoms with van der Waals surface area (Å²) >= 11 is 1.56. The third kappa shape index (κ3) is 3.98. The number of thiazole rings is 1. The van der Waals surface area contributed by atoms with E-state index in [1.807, 2.05) is 61.5 Å². The van der Waals surface area contributed by atoms with Crippen molar-refractivity contribution in [2.45, 2.75) is 32.8 Å². The number of ether oxygens (including phenoxy) is 1. The molecule has 1 aliphatic heterocycles. The van der Waals surface area contributed by atoms with Gasteiger partial charge in [-0.05, 0) is 37.6 Å². The molecule has 35 heavy (non-hydrogen) atoms. The van der Waals surface area contributed by atoms with Crippen LogP contribution in [0, 0.1) is 13.8 Å². The van der Waals surface area contributed by atoms with Crippen LogP contribution in [0.3, 0.4) is 0 Å². The summed E-state index contributed by atoms with van der Waals surface area (Å²) < 4.78 is 9.14. The van der Waals surface area contributed by atoms with Crippen molar-refractivity contribution >= 4 is 33.3 Å². The Morgan fingerprint density at radius 3 is 2.74 bits per heavy atom. The number of para-hydroxylation sites is 2. The van der Waals surface area contributed by atoms with Gasteiger partial charge in [-0.3, -0.25) is 4.79 Å². The van der Waals surface area contributed by atoms with Gasteiger partial charge in [0.2, 0.25) is 11.0 Å². The number of nitrogens with one attached hydrogen (secondary N) is 1. The van der Waals surface area contributed by atoms with Crippen molar-refractivity contribution in [3.05, 3.63) is 101 Å². The van der Waals surface area contributed by atoms with Crippen LogP contribution >= 0.6 is 11.3 Å². The third-order valence-corrected chi connectivity index (χ3v) is 7.35. The number of carbonyl (C=O) groups is 1. The average molecular weight is 481 g/mol. The van der Waals surface area contributed by atoms with Gasteiger partial charge in [0.05, 0.1) is 15.9 Å². The molecule has 1 aliphatic rings. The fraction of sp³-hybridized carbons (Fsp3) is 0.179. The first-order chi connectivity index (χ1) is 17.1. The number of aryl methyl sites for hydroxylation is 2. The van der Waals surface area contributed by atoms with Gasteiger partial charge in [-0.15, -0.1) is 0 Å². The van der Waals surface area contributed by atoms with Crippen molar-refractivity contribution in [1.29, 1.82) is 0 Å². The molecule has 5 aromatic rings. The molecule has 3 heterocycles. The lowest BCUT2D eigenvalue weighted by atomic mass is 9.85. The molecule has 6 nitrogen and oxygen atoms in total. The van der Waals surface area contributed by atoms with Gasteiger partial charge in [-0.1, -0.05) is 71.5 Å². The van der Waals surface area contributed by atoms with Gasteiger partial charge in [-0.2, -0.15) is 9.78 Å². The van der Waals surface area contributed by atoms with Gasteiger partial charge in [0.15, 0.2) is 0 Å². The van der Waals surface area contributed by atoms with E-state index in [2.05, 4.69) is 30.4 Å². The van der Waals surface area contributed by atoms with E-state index in [1.54, 1.807) is 16.0 Å². The van der Waals surface area contributed by atoms with Crippen LogP contribution in [0.1, 0.15) is 40.3 Å². The zero-order valence-corrected chi connectivity index (χ0v) is 20.3. The summed E-state index contributed by atoms with van der Waals surface area (Å²) in [5.74, 6) is 1.27. The first-order valence-corrected chi connectivity index (χ1v) is 12.4. The maximum atomic E-state index is 12.9. The van der Waals surface area contributed by atoms with Gasteiger partial charge in [-0.25, -0.2) is 4.98 Å². The average Bonchev–Trinajstić information content (AvgIpc) is 3.43. The zero-order valence-electron chi connectivity index (χ0n) is 19.5. The molecule has 0 bridgehead atoms. The molecule has 0 unspecified atom stereocenters. The highest BCUT2D eigenvalue weighted by Gasteiger charge is 2.34. The molecule has 174 valence electrons. The Morgan fingerprint density at radius 2 is 1.89 bits per heavy atom. The van der Waals surface area contributed by atoms with Gasteiger partial charge in [0.1, 0.15) is 18.2 Å². The fourth-order valence-electron chi connectivity index (χ4n) is 4.76. The Hall–Kier alpha value is -3.97. The summed E-state index contributed by atoms with van der Waals surface area (Å²) in [6.45, 7) is 4.53. The van der Waals surface area contributed by atoms with Crippen molar-refractivity contribution < 1.29 is 9.53 Å². The van der Waals surface area contributed by atoms with Crippen LogP contribution in [0.2, 0.25) is 0 Å². The quantitative estimate of drug-likeness (QED) is 0.327. The van der Waals surface area contributed by atoms with Crippen molar-refractivity contribution in [2.75, 3.05) is 5.32 Å². The highest BCUT2D eigenvalue weighted by Crippen LogP contribution is 2.43. The summed E-state index contributed by atoms with van der Waals surface area (Å²) in [5, 5.41) is 8.61. The minimum Gasteiger partial charge on any atom is -0.489 e. The number of carbonyl (C=O) groups excluding carboxylic acids is 1. The minimum absolute atomic E-state index is 0.0433. The largest absolute Gasteiger partial charge is 0.489 e. The Bertz CT molecular complexity index is 1540. The van der Waals surface area contributed by atoms with E-state index in [0.717, 1.165) is 43.5 Å². The molecule has 0 saturated carbocycles. The molecule has 1 N–H and O–H groups in total. The van der Waals surface area contributed by atoms with Gasteiger partial charge in [0.25, 0.3) is 0 Å². The lowest BCUT2D eigenvalue weighted by Crippen LogP contribution is -2.25. The van der Waals surface area contributed by atoms with E-state index in [9.17, 15) is 4.79 Å². The van der Waals surface area contributed by atoms with Crippen molar-refractivity contribution in [2.24, 2.45) is 0 Å². The minimum atomic E-state index is -0.157. The number of anilines is 1. The standard InChI is InChI=1S/C28H24N4O2S/c1-17-8-7-9-19(14-17)16-34-23-12-5-3-10-20(23)21-15-25(33)30-27-26(21)18(2)31-32(27)28-29-22-11-4-6-13-24(22)35-28/h3-14,21H,15-16H2,1-2H3,(H,30,33)/t21-/m1/s1. The summed E-state index contributed by atoms with van der Waals surface area (Å²) in [4.78, 5) is 17.7. The lowest BCUT2D eigenvalue weighted by Gasteiger charge is -2.25. The molecule has 1 atom stereocenters. The van der Waals surface area contributed by atoms with Crippen LogP contribution in [0.15, 0.2) is 72.8 Å². The first kappa shape index (κ1) is 21.6. The number of benzene rings is 3. The Balaban J connectivity index is 1.40. The summed E-state index contributed by atoms with van der Waals surface area (Å²) in [6, 6.07) is 24.3. The van der Waals surface area contributed by atoms with Crippen molar-refractivity contribution in [3.63, 3.8) is 0 Å². The molecule has 6 rings (SSSR count). The topological polar surface area (TPSA) is 69.0 Å². The van der Waals surface area contributed by atoms with Gasteiger partial charge < -0.3 is 10.1 Å². The highest BCUT2D eigenvalue weighted by atomic mass is 32.1. The van der Waals surface area contributed by atoms with Crippen LogP contribution in [0.5, 0.6) is 5.75 Å². The lowest BCUT2D eigenvalue weighted by molar-refractivity contribution is -0.116. The van der Waals surface area contributed by atoms with E-state index in [-0.39, 0.29) is 11.8 Å². The molecule has 7 heteroatoms. The number of nitrogens with zero attached hydrogens (tertiary/aromatic N) is 3. The maximum Gasteiger partial charge on any atom is 0.226 e. The number of hydrogen-bond acceptors (Lipinski definition) is 5. The first-order valence-electron chi connectivity index (χ1n) is 11.6. The smallest absolute Gasteiger partial charge is 0.226 e. The highest BCUT2D eigenvalue weighted by molar-refractivity contribution is 7.20. The van der Waals surface area contributed by atoms with Crippen LogP contribution < -0.4 is 10.1 Å². The molecular formula is C28H24N4O2S. The number of aromatic nitrogens is 3. The molecular weight excluding hydrogens is 456 g/mol. The third-order valence-electron chi connectivity index (χ3n) is 6.34. The number of amides is 1. The molecule has 1 amide bonds. The number of fused-ring (bicyclic) bond motifs is 2. The summed E-state index contributed by atoms with van der Waals surface area (Å²) in [6.07, 6.45) is 0.337. The zero-order chi connectivity index (χ0) is 23.9. The van der Waals surface area contributed by atoms with Crippen LogP contribution in [0.25, 0.3) is 15.3 Å². The number of hydrogen-bond donors (Lipinski definition) is 1. The van der Waals surface area contributed by atoms with Crippen LogP contribution in [0.4, 0.5) is 5.82 Å². The van der Waals surface area contributed by atoms with E-state index in [4.69, 9.17) is 14.8 Å². The molecule has 0 aliphatic carbocycles. The SMILES string of the molecule is Cc1cccc(COc2ccccc2[C@H]2CC(=O)Nc3c2c(C)nn3-c2nc3ccccc3s2)c1. The van der Waals surface area contributed by atoms with Crippen molar-refractivity contribution in [1.82, 2.24) is 14.8 Å². The van der Waals surface area contributed by atoms with E-state index >= 15 is 0 Å².